The van der Waals surface area contributed by atoms with Crippen LogP contribution in [0.5, 0.6) is 0 Å². The summed E-state index contributed by atoms with van der Waals surface area (Å²) in [5.74, 6) is 0.185. The summed E-state index contributed by atoms with van der Waals surface area (Å²) in [6, 6.07) is 8.86. The first-order chi connectivity index (χ1) is 15.9. The Kier molecular flexibility index (Phi) is 6.52. The van der Waals surface area contributed by atoms with Gasteiger partial charge in [-0.3, -0.25) is 4.98 Å². The fourth-order valence-electron chi connectivity index (χ4n) is 6.53. The molecule has 1 spiro atoms. The van der Waals surface area contributed by atoms with Gasteiger partial charge in [0.25, 0.3) is 0 Å². The topological polar surface area (TPSA) is 62.6 Å². The third kappa shape index (κ3) is 4.06. The van der Waals surface area contributed by atoms with Crippen molar-refractivity contribution in [3.8, 4) is 0 Å². The maximum atomic E-state index is 11.4. The van der Waals surface area contributed by atoms with Gasteiger partial charge >= 0.3 is 0 Å². The molecule has 5 rings (SSSR count). The molecule has 1 saturated carbocycles. The Morgan fingerprint density at radius 3 is 2.14 bits per heavy atom. The Morgan fingerprint density at radius 1 is 1.00 bits per heavy atom. The van der Waals surface area contributed by atoms with Gasteiger partial charge in [-0.2, -0.15) is 0 Å². The van der Waals surface area contributed by atoms with Crippen molar-refractivity contribution in [2.45, 2.75) is 123 Å². The minimum Gasteiger partial charge on any atom is -0.388 e. The highest BCUT2D eigenvalue weighted by Crippen LogP contribution is 2.60. The first kappa shape index (κ1) is 26.3. The van der Waals surface area contributed by atoms with Crippen LogP contribution in [0, 0.1) is 5.41 Å². The molecular weight excluding hydrogens is 434 g/mol. The van der Waals surface area contributed by atoms with Crippen LogP contribution >= 0.6 is 0 Å². The van der Waals surface area contributed by atoms with Crippen molar-refractivity contribution in [3.63, 3.8) is 0 Å². The van der Waals surface area contributed by atoms with Crippen LogP contribution in [0.25, 0.3) is 0 Å². The van der Waals surface area contributed by atoms with E-state index in [-0.39, 0.29) is 24.9 Å². The molecule has 0 amide bonds. The second kappa shape index (κ2) is 8.68. The number of hydrogen-bond acceptors (Lipinski definition) is 4. The second-order valence-electron chi connectivity index (χ2n) is 12.9. The molecule has 4 heteroatoms. The summed E-state index contributed by atoms with van der Waals surface area (Å²) in [5, 5.41) is 22.8. The molecule has 2 aliphatic carbocycles. The third-order valence-electron chi connectivity index (χ3n) is 8.48. The highest BCUT2D eigenvalue weighted by molar-refractivity contribution is 5.55. The van der Waals surface area contributed by atoms with E-state index in [1.54, 1.807) is 0 Å². The number of pyridine rings is 1. The zero-order chi connectivity index (χ0) is 24.6. The summed E-state index contributed by atoms with van der Waals surface area (Å²) in [5.41, 5.74) is 6.53. The molecule has 0 bridgehead atoms. The number of hydrogen-bond donors (Lipinski definition) is 2. The lowest BCUT2D eigenvalue weighted by Crippen LogP contribution is -2.35. The van der Waals surface area contributed by atoms with Crippen LogP contribution in [0.1, 0.15) is 151 Å². The number of aliphatic hydroxyl groups excluding tert-OH is 2. The van der Waals surface area contributed by atoms with Gasteiger partial charge in [0.1, 0.15) is 12.2 Å². The highest BCUT2D eigenvalue weighted by atomic mass is 16.5. The number of nitrogens with zero attached hydrogens (tertiary/aromatic N) is 1. The van der Waals surface area contributed by atoms with E-state index in [1.807, 2.05) is 13.8 Å². The van der Waals surface area contributed by atoms with Crippen LogP contribution in [0.4, 0.5) is 0 Å². The van der Waals surface area contributed by atoms with Crippen molar-refractivity contribution in [1.29, 1.82) is 0 Å². The van der Waals surface area contributed by atoms with Gasteiger partial charge in [-0.15, -0.1) is 0 Å². The third-order valence-corrected chi connectivity index (χ3v) is 8.48. The van der Waals surface area contributed by atoms with E-state index in [9.17, 15) is 10.2 Å². The molecule has 3 atom stereocenters. The number of ether oxygens (including phenoxy) is 1. The zero-order valence-electron chi connectivity index (χ0n) is 21.9. The van der Waals surface area contributed by atoms with Gasteiger partial charge < -0.3 is 14.9 Å². The van der Waals surface area contributed by atoms with E-state index >= 15 is 0 Å². The minimum absolute atomic E-state index is 0. The minimum atomic E-state index is -0.697. The van der Waals surface area contributed by atoms with Gasteiger partial charge in [0.15, 0.2) is 0 Å². The molecular formula is C31H45NO3. The predicted molar refractivity (Wildman–Crippen MR) is 142 cm³/mol. The summed E-state index contributed by atoms with van der Waals surface area (Å²) in [6.45, 7) is 15.1. The summed E-state index contributed by atoms with van der Waals surface area (Å²) >= 11 is 0. The van der Waals surface area contributed by atoms with Crippen molar-refractivity contribution < 1.29 is 14.9 Å². The summed E-state index contributed by atoms with van der Waals surface area (Å²) < 4.78 is 7.05. The van der Waals surface area contributed by atoms with Gasteiger partial charge in [0.2, 0.25) is 0 Å². The molecule has 1 aromatic heterocycles. The average molecular weight is 480 g/mol. The maximum Gasteiger partial charge on any atom is 0.111 e. The molecule has 1 aliphatic heterocycles. The Labute approximate surface area is 212 Å². The van der Waals surface area contributed by atoms with E-state index in [1.165, 1.54) is 5.56 Å². The average Bonchev–Trinajstić information content (AvgIpc) is 3.36. The van der Waals surface area contributed by atoms with Gasteiger partial charge in [-0.1, -0.05) is 93.0 Å². The molecule has 1 aromatic carbocycles. The molecule has 0 radical (unpaired) electrons. The van der Waals surface area contributed by atoms with Gasteiger partial charge in [-0.25, -0.2) is 0 Å². The molecule has 35 heavy (non-hydrogen) atoms. The molecule has 2 aromatic rings. The van der Waals surface area contributed by atoms with E-state index in [4.69, 9.17) is 9.72 Å². The van der Waals surface area contributed by atoms with E-state index < -0.39 is 23.2 Å². The van der Waals surface area contributed by atoms with Crippen LogP contribution in [0.15, 0.2) is 24.3 Å². The SMILES string of the molecule is C.CC(C)c1nc2c(c3c1[C@@H](c1ccc(C(C)(C)C)cc1)OC31CCCC1)[C@@H](O)CC(C)(C)[C@@H]2O. The van der Waals surface area contributed by atoms with Crippen LogP contribution in [-0.2, 0) is 15.8 Å². The van der Waals surface area contributed by atoms with Gasteiger partial charge in [0.05, 0.1) is 17.4 Å². The highest BCUT2D eigenvalue weighted by Gasteiger charge is 2.54. The molecule has 0 saturated heterocycles. The largest absolute Gasteiger partial charge is 0.388 e. The quantitative estimate of drug-likeness (QED) is 0.467. The Morgan fingerprint density at radius 2 is 1.60 bits per heavy atom. The molecule has 1 fully saturated rings. The fraction of sp³-hybridized carbons (Fsp3) is 0.645. The number of aliphatic hydroxyl groups is 2. The van der Waals surface area contributed by atoms with Crippen LogP contribution in [0.3, 0.4) is 0 Å². The lowest BCUT2D eigenvalue weighted by molar-refractivity contribution is -0.0598. The number of benzene rings is 1. The van der Waals surface area contributed by atoms with Crippen molar-refractivity contribution in [2.75, 3.05) is 0 Å². The van der Waals surface area contributed by atoms with Crippen LogP contribution < -0.4 is 0 Å². The lowest BCUT2D eigenvalue weighted by atomic mass is 9.69. The predicted octanol–water partition coefficient (Wildman–Crippen LogP) is 7.52. The molecule has 192 valence electrons. The smallest absolute Gasteiger partial charge is 0.111 e. The Balaban J connectivity index is 0.00000289. The van der Waals surface area contributed by atoms with E-state index in [2.05, 4.69) is 58.9 Å². The van der Waals surface area contributed by atoms with Gasteiger partial charge in [-0.05, 0) is 52.7 Å². The second-order valence-corrected chi connectivity index (χ2v) is 12.9. The number of rotatable bonds is 2. The summed E-state index contributed by atoms with van der Waals surface area (Å²) in [4.78, 5) is 5.11. The number of aromatic nitrogens is 1. The van der Waals surface area contributed by atoms with Crippen molar-refractivity contribution in [1.82, 2.24) is 4.98 Å². The Bertz CT molecular complexity index is 1090. The van der Waals surface area contributed by atoms with Crippen molar-refractivity contribution in [3.05, 3.63) is 63.5 Å². The normalized spacial score (nSPS) is 26.5. The summed E-state index contributed by atoms with van der Waals surface area (Å²) in [7, 11) is 0. The first-order valence-corrected chi connectivity index (χ1v) is 13.1. The molecule has 0 unspecified atom stereocenters. The van der Waals surface area contributed by atoms with Crippen LogP contribution in [0.2, 0.25) is 0 Å². The lowest BCUT2D eigenvalue weighted by Gasteiger charge is -2.41. The zero-order valence-corrected chi connectivity index (χ0v) is 21.9. The fourth-order valence-corrected chi connectivity index (χ4v) is 6.53. The van der Waals surface area contributed by atoms with Crippen molar-refractivity contribution in [2.24, 2.45) is 5.41 Å². The standard InChI is InChI=1S/C30H41NO3.CH4/c1-17(2)24-22-23(21-20(32)16-29(6,7)27(33)25(21)31-24)30(14-8-9-15-30)34-26(22)18-10-12-19(13-11-18)28(3,4)5;/h10-13,17,20,26-27,32-33H,8-9,14-16H2,1-7H3;1H4/t20-,26+,27+;/m0./s1. The van der Waals surface area contributed by atoms with Gasteiger partial charge in [0, 0.05) is 16.8 Å². The van der Waals surface area contributed by atoms with Crippen LogP contribution in [-0.4, -0.2) is 15.2 Å². The molecule has 4 nitrogen and oxygen atoms in total. The molecule has 2 heterocycles. The monoisotopic (exact) mass is 479 g/mol. The first-order valence-electron chi connectivity index (χ1n) is 13.1. The summed E-state index contributed by atoms with van der Waals surface area (Å²) in [6.07, 6.45) is 3.14. The molecule has 2 N–H and O–H groups in total. The maximum absolute atomic E-state index is 11.4. The number of fused-ring (bicyclic) bond motifs is 4. The Hall–Kier alpha value is -1.75. The molecule has 3 aliphatic rings. The van der Waals surface area contributed by atoms with Crippen molar-refractivity contribution >= 4 is 0 Å². The van der Waals surface area contributed by atoms with E-state index in [0.29, 0.717) is 12.1 Å². The van der Waals surface area contributed by atoms with E-state index in [0.717, 1.165) is 53.6 Å².